The largest absolute Gasteiger partial charge is 0.451 e. The molecule has 2 aromatic heterocycles. The van der Waals surface area contributed by atoms with Gasteiger partial charge in [0.05, 0.1) is 5.69 Å². The zero-order valence-electron chi connectivity index (χ0n) is 18.0. The minimum Gasteiger partial charge on any atom is -0.451 e. The standard InChI is InChI=1S/C27H21NO4/c1-15-8-11-18(12-9-15)24(29)26-23(20-6-4-5-7-21(20)31-26)28-27(30)25-17(3)19-13-10-16(2)14-22(19)32-25/h4-14H,1-3H3,(H,28,30). The summed E-state index contributed by atoms with van der Waals surface area (Å²) < 4.78 is 11.8. The Labute approximate surface area is 184 Å². The summed E-state index contributed by atoms with van der Waals surface area (Å²) in [5, 5.41) is 4.42. The number of fused-ring (bicyclic) bond motifs is 2. The lowest BCUT2D eigenvalue weighted by Crippen LogP contribution is -2.14. The second-order valence-electron chi connectivity index (χ2n) is 8.01. The number of aryl methyl sites for hydroxylation is 3. The van der Waals surface area contributed by atoms with E-state index >= 15 is 0 Å². The monoisotopic (exact) mass is 423 g/mol. The summed E-state index contributed by atoms with van der Waals surface area (Å²) in [6.45, 7) is 5.78. The molecule has 0 aliphatic rings. The van der Waals surface area contributed by atoms with Crippen molar-refractivity contribution in [2.24, 2.45) is 0 Å². The lowest BCUT2D eigenvalue weighted by molar-refractivity contribution is 0.0997. The van der Waals surface area contributed by atoms with Crippen molar-refractivity contribution in [3.63, 3.8) is 0 Å². The van der Waals surface area contributed by atoms with Crippen molar-refractivity contribution in [1.82, 2.24) is 0 Å². The van der Waals surface area contributed by atoms with Crippen LogP contribution in [0, 0.1) is 20.8 Å². The summed E-state index contributed by atoms with van der Waals surface area (Å²) >= 11 is 0. The molecule has 2 heterocycles. The predicted octanol–water partition coefficient (Wildman–Crippen LogP) is 6.59. The van der Waals surface area contributed by atoms with E-state index in [0.29, 0.717) is 27.8 Å². The second kappa shape index (κ2) is 7.54. The first-order valence-corrected chi connectivity index (χ1v) is 10.4. The Morgan fingerprint density at radius 3 is 2.19 bits per heavy atom. The summed E-state index contributed by atoms with van der Waals surface area (Å²) in [5.41, 5.74) is 4.85. The van der Waals surface area contributed by atoms with Gasteiger partial charge in [-0.3, -0.25) is 9.59 Å². The van der Waals surface area contributed by atoms with Crippen molar-refractivity contribution < 1.29 is 18.4 Å². The van der Waals surface area contributed by atoms with Gasteiger partial charge in [-0.25, -0.2) is 0 Å². The van der Waals surface area contributed by atoms with Gasteiger partial charge < -0.3 is 14.2 Å². The van der Waals surface area contributed by atoms with E-state index in [9.17, 15) is 9.59 Å². The van der Waals surface area contributed by atoms with Crippen molar-refractivity contribution in [3.8, 4) is 0 Å². The molecule has 0 aliphatic heterocycles. The third-order valence-electron chi connectivity index (χ3n) is 5.65. The maximum absolute atomic E-state index is 13.2. The van der Waals surface area contributed by atoms with Crippen LogP contribution in [-0.4, -0.2) is 11.7 Å². The molecule has 0 spiro atoms. The van der Waals surface area contributed by atoms with Gasteiger partial charge in [0.2, 0.25) is 5.78 Å². The number of carbonyl (C=O) groups excluding carboxylic acids is 2. The van der Waals surface area contributed by atoms with Crippen LogP contribution in [0.15, 0.2) is 75.6 Å². The number of hydrogen-bond acceptors (Lipinski definition) is 4. The maximum Gasteiger partial charge on any atom is 0.291 e. The molecule has 0 fully saturated rings. The number of anilines is 1. The van der Waals surface area contributed by atoms with Gasteiger partial charge in [0.1, 0.15) is 11.2 Å². The Morgan fingerprint density at radius 2 is 1.41 bits per heavy atom. The molecule has 5 rings (SSSR count). The molecule has 0 bridgehead atoms. The lowest BCUT2D eigenvalue weighted by Gasteiger charge is -2.05. The number of ketones is 1. The van der Waals surface area contributed by atoms with Gasteiger partial charge in [-0.2, -0.15) is 0 Å². The first kappa shape index (κ1) is 19.8. The van der Waals surface area contributed by atoms with Gasteiger partial charge >= 0.3 is 0 Å². The molecular formula is C27H21NO4. The summed E-state index contributed by atoms with van der Waals surface area (Å²) in [5.74, 6) is -0.424. The Bertz CT molecular complexity index is 1500. The fraction of sp³-hybridized carbons (Fsp3) is 0.111. The molecule has 32 heavy (non-hydrogen) atoms. The van der Waals surface area contributed by atoms with Gasteiger partial charge in [-0.1, -0.05) is 54.1 Å². The Morgan fingerprint density at radius 1 is 0.719 bits per heavy atom. The lowest BCUT2D eigenvalue weighted by atomic mass is 10.1. The average Bonchev–Trinajstić information content (AvgIpc) is 3.31. The Balaban J connectivity index is 1.59. The number of rotatable bonds is 4. The van der Waals surface area contributed by atoms with E-state index in [0.717, 1.165) is 22.1 Å². The number of hydrogen-bond donors (Lipinski definition) is 1. The summed E-state index contributed by atoms with van der Waals surface area (Å²) in [6, 6.07) is 20.3. The highest BCUT2D eigenvalue weighted by Gasteiger charge is 2.26. The van der Waals surface area contributed by atoms with Crippen LogP contribution in [0.5, 0.6) is 0 Å². The highest BCUT2D eigenvalue weighted by atomic mass is 16.4. The second-order valence-corrected chi connectivity index (χ2v) is 8.01. The van der Waals surface area contributed by atoms with Crippen LogP contribution in [0.25, 0.3) is 21.9 Å². The van der Waals surface area contributed by atoms with Crippen LogP contribution in [0.4, 0.5) is 5.69 Å². The molecule has 158 valence electrons. The van der Waals surface area contributed by atoms with E-state index in [-0.39, 0.29) is 17.3 Å². The first-order valence-electron chi connectivity index (χ1n) is 10.4. The molecule has 3 aromatic carbocycles. The van der Waals surface area contributed by atoms with Crippen LogP contribution in [-0.2, 0) is 0 Å². The fourth-order valence-electron chi connectivity index (χ4n) is 3.89. The van der Waals surface area contributed by atoms with Gasteiger partial charge in [0.25, 0.3) is 5.91 Å². The average molecular weight is 423 g/mol. The molecular weight excluding hydrogens is 402 g/mol. The smallest absolute Gasteiger partial charge is 0.291 e. The van der Waals surface area contributed by atoms with Crippen molar-refractivity contribution in [2.45, 2.75) is 20.8 Å². The molecule has 5 heteroatoms. The van der Waals surface area contributed by atoms with Crippen molar-refractivity contribution >= 4 is 39.3 Å². The molecule has 0 atom stereocenters. The van der Waals surface area contributed by atoms with Crippen LogP contribution in [0.2, 0.25) is 0 Å². The van der Waals surface area contributed by atoms with E-state index in [4.69, 9.17) is 8.83 Å². The number of furan rings is 2. The summed E-state index contributed by atoms with van der Waals surface area (Å²) in [6.07, 6.45) is 0. The molecule has 1 N–H and O–H groups in total. The van der Waals surface area contributed by atoms with Crippen LogP contribution in [0.3, 0.4) is 0 Å². The van der Waals surface area contributed by atoms with Gasteiger partial charge in [0, 0.05) is 21.9 Å². The predicted molar refractivity (Wildman–Crippen MR) is 124 cm³/mol. The van der Waals surface area contributed by atoms with Gasteiger partial charge in [0.15, 0.2) is 11.5 Å². The minimum atomic E-state index is -0.430. The fourth-order valence-corrected chi connectivity index (χ4v) is 3.89. The van der Waals surface area contributed by atoms with E-state index in [1.165, 1.54) is 0 Å². The normalized spacial score (nSPS) is 11.2. The molecule has 0 saturated heterocycles. The van der Waals surface area contributed by atoms with E-state index in [2.05, 4.69) is 5.32 Å². The maximum atomic E-state index is 13.2. The van der Waals surface area contributed by atoms with Gasteiger partial charge in [-0.15, -0.1) is 0 Å². The molecule has 5 nitrogen and oxygen atoms in total. The van der Waals surface area contributed by atoms with Crippen LogP contribution < -0.4 is 5.32 Å². The van der Waals surface area contributed by atoms with E-state index in [1.807, 2.05) is 69.3 Å². The zero-order chi connectivity index (χ0) is 22.4. The third-order valence-corrected chi connectivity index (χ3v) is 5.65. The van der Waals surface area contributed by atoms with Crippen molar-refractivity contribution in [3.05, 3.63) is 101 Å². The zero-order valence-corrected chi connectivity index (χ0v) is 18.0. The number of nitrogens with one attached hydrogen (secondary N) is 1. The first-order chi connectivity index (χ1) is 15.4. The molecule has 0 unspecified atom stereocenters. The molecule has 1 amide bonds. The van der Waals surface area contributed by atoms with E-state index in [1.54, 1.807) is 18.2 Å². The highest BCUT2D eigenvalue weighted by Crippen LogP contribution is 2.34. The van der Waals surface area contributed by atoms with Crippen molar-refractivity contribution in [2.75, 3.05) is 5.32 Å². The van der Waals surface area contributed by atoms with Crippen LogP contribution >= 0.6 is 0 Å². The highest BCUT2D eigenvalue weighted by molar-refractivity contribution is 6.19. The van der Waals surface area contributed by atoms with Crippen LogP contribution in [0.1, 0.15) is 43.4 Å². The van der Waals surface area contributed by atoms with Gasteiger partial charge in [-0.05, 0) is 44.5 Å². The number of para-hydroxylation sites is 1. The summed E-state index contributed by atoms with van der Waals surface area (Å²) in [7, 11) is 0. The summed E-state index contributed by atoms with van der Waals surface area (Å²) in [4.78, 5) is 26.5. The van der Waals surface area contributed by atoms with Crippen molar-refractivity contribution in [1.29, 1.82) is 0 Å². The number of amides is 1. The number of benzene rings is 3. The van der Waals surface area contributed by atoms with E-state index < -0.39 is 5.91 Å². The Hall–Kier alpha value is -4.12. The minimum absolute atomic E-state index is 0.0908. The quantitative estimate of drug-likeness (QED) is 0.331. The Kier molecular flexibility index (Phi) is 4.67. The number of carbonyl (C=O) groups is 2. The molecule has 0 saturated carbocycles. The molecule has 0 radical (unpaired) electrons. The molecule has 5 aromatic rings. The topological polar surface area (TPSA) is 72.5 Å². The molecule has 0 aliphatic carbocycles. The SMILES string of the molecule is Cc1ccc(C(=O)c2oc3ccccc3c2NC(=O)c2oc3cc(C)ccc3c2C)cc1. The third kappa shape index (κ3) is 3.28.